The fourth-order valence-corrected chi connectivity index (χ4v) is 3.12. The van der Waals surface area contributed by atoms with E-state index in [1.165, 1.54) is 0 Å². The molecule has 2 N–H and O–H groups in total. The van der Waals surface area contributed by atoms with E-state index in [9.17, 15) is 9.90 Å². The maximum Gasteiger partial charge on any atom is 0.409 e. The molecule has 1 atom stereocenters. The molecule has 146 valence electrons. The number of amides is 1. The molecule has 0 radical (unpaired) electrons. The Morgan fingerprint density at radius 3 is 2.65 bits per heavy atom. The van der Waals surface area contributed by atoms with E-state index in [0.717, 1.165) is 24.2 Å². The number of para-hydroxylation sites is 1. The fraction of sp³-hybridized carbons (Fsp3) is 0.650. The number of hydrogen-bond donors (Lipinski definition) is 2. The lowest BCUT2D eigenvalue weighted by Gasteiger charge is -2.32. The minimum Gasteiger partial charge on any atom is -0.491 e. The molecule has 1 fully saturated rings. The van der Waals surface area contributed by atoms with E-state index in [0.29, 0.717) is 38.2 Å². The lowest BCUT2D eigenvalue weighted by Crippen LogP contribution is -2.47. The molecule has 6 heteroatoms. The van der Waals surface area contributed by atoms with Crippen molar-refractivity contribution in [2.45, 2.75) is 51.7 Å². The number of carbonyl (C=O) groups is 1. The van der Waals surface area contributed by atoms with Gasteiger partial charge in [-0.15, -0.1) is 0 Å². The van der Waals surface area contributed by atoms with Gasteiger partial charge in [-0.1, -0.05) is 32.0 Å². The summed E-state index contributed by atoms with van der Waals surface area (Å²) in [4.78, 5) is 13.4. The van der Waals surface area contributed by atoms with E-state index >= 15 is 0 Å². The van der Waals surface area contributed by atoms with Gasteiger partial charge in [-0.25, -0.2) is 4.79 Å². The average molecular weight is 364 g/mol. The summed E-state index contributed by atoms with van der Waals surface area (Å²) in [6, 6.07) is 8.26. The Hall–Kier alpha value is -1.79. The zero-order valence-corrected chi connectivity index (χ0v) is 16.1. The van der Waals surface area contributed by atoms with Gasteiger partial charge in [0.15, 0.2) is 0 Å². The van der Waals surface area contributed by atoms with Gasteiger partial charge in [0, 0.05) is 25.7 Å². The summed E-state index contributed by atoms with van der Waals surface area (Å²) in [5.74, 6) is 1.22. The minimum atomic E-state index is -0.571. The van der Waals surface area contributed by atoms with Crippen LogP contribution in [-0.4, -0.2) is 61.1 Å². The Bertz CT molecular complexity index is 556. The van der Waals surface area contributed by atoms with Crippen LogP contribution in [0.25, 0.3) is 0 Å². The van der Waals surface area contributed by atoms with Crippen molar-refractivity contribution in [3.63, 3.8) is 0 Å². The third-order valence-electron chi connectivity index (χ3n) is 4.64. The first-order valence-electron chi connectivity index (χ1n) is 9.56. The van der Waals surface area contributed by atoms with Crippen molar-refractivity contribution in [2.24, 2.45) is 0 Å². The first kappa shape index (κ1) is 20.5. The van der Waals surface area contributed by atoms with Crippen LogP contribution in [0.3, 0.4) is 0 Å². The van der Waals surface area contributed by atoms with Crippen molar-refractivity contribution in [2.75, 3.05) is 32.8 Å². The molecule has 0 aliphatic carbocycles. The molecule has 2 rings (SSSR count). The molecule has 1 aromatic rings. The van der Waals surface area contributed by atoms with Crippen LogP contribution in [0.15, 0.2) is 24.3 Å². The number of benzene rings is 1. The van der Waals surface area contributed by atoms with Crippen molar-refractivity contribution < 1.29 is 19.4 Å². The van der Waals surface area contributed by atoms with E-state index in [4.69, 9.17) is 9.47 Å². The Morgan fingerprint density at radius 1 is 1.31 bits per heavy atom. The minimum absolute atomic E-state index is 0.233. The summed E-state index contributed by atoms with van der Waals surface area (Å²) < 4.78 is 10.8. The average Bonchev–Trinajstić information content (AvgIpc) is 2.65. The van der Waals surface area contributed by atoms with Gasteiger partial charge in [-0.3, -0.25) is 0 Å². The summed E-state index contributed by atoms with van der Waals surface area (Å²) in [5, 5.41) is 13.6. The summed E-state index contributed by atoms with van der Waals surface area (Å²) in [6.45, 7) is 8.59. The van der Waals surface area contributed by atoms with Crippen molar-refractivity contribution in [3.05, 3.63) is 29.8 Å². The highest BCUT2D eigenvalue weighted by Crippen LogP contribution is 2.25. The van der Waals surface area contributed by atoms with Gasteiger partial charge in [0.05, 0.1) is 6.61 Å². The SMILES string of the molecule is CCOC(=O)N1CCC(NCC(O)COc2ccccc2C(C)C)CC1. The van der Waals surface area contributed by atoms with E-state index in [2.05, 4.69) is 25.2 Å². The van der Waals surface area contributed by atoms with Gasteiger partial charge >= 0.3 is 6.09 Å². The van der Waals surface area contributed by atoms with Gasteiger partial charge in [0.1, 0.15) is 18.5 Å². The molecule has 0 spiro atoms. The third kappa shape index (κ3) is 6.18. The molecule has 1 unspecified atom stereocenters. The number of hydrogen-bond acceptors (Lipinski definition) is 5. The molecule has 26 heavy (non-hydrogen) atoms. The lowest BCUT2D eigenvalue weighted by atomic mass is 10.0. The molecule has 6 nitrogen and oxygen atoms in total. The Kier molecular flexibility index (Phi) is 8.19. The Morgan fingerprint density at radius 2 is 2.00 bits per heavy atom. The number of nitrogens with one attached hydrogen (secondary N) is 1. The molecule has 1 heterocycles. The van der Waals surface area contributed by atoms with Crippen LogP contribution in [-0.2, 0) is 4.74 Å². The van der Waals surface area contributed by atoms with Crippen LogP contribution >= 0.6 is 0 Å². The maximum absolute atomic E-state index is 11.7. The Labute approximate surface area is 156 Å². The number of rotatable bonds is 8. The quantitative estimate of drug-likeness (QED) is 0.742. The van der Waals surface area contributed by atoms with Crippen LogP contribution in [0.1, 0.15) is 45.1 Å². The predicted molar refractivity (Wildman–Crippen MR) is 102 cm³/mol. The zero-order valence-electron chi connectivity index (χ0n) is 16.1. The molecule has 1 aliphatic rings. The van der Waals surface area contributed by atoms with Crippen LogP contribution in [0, 0.1) is 0 Å². The van der Waals surface area contributed by atoms with Crippen molar-refractivity contribution in [1.29, 1.82) is 0 Å². The summed E-state index contributed by atoms with van der Waals surface area (Å²) in [7, 11) is 0. The van der Waals surface area contributed by atoms with Gasteiger partial charge in [-0.2, -0.15) is 0 Å². The zero-order chi connectivity index (χ0) is 18.9. The number of nitrogens with zero attached hydrogens (tertiary/aromatic N) is 1. The van der Waals surface area contributed by atoms with Crippen LogP contribution in [0.4, 0.5) is 4.79 Å². The molecule has 0 aromatic heterocycles. The first-order valence-corrected chi connectivity index (χ1v) is 9.56. The summed E-state index contributed by atoms with van der Waals surface area (Å²) >= 11 is 0. The van der Waals surface area contributed by atoms with Crippen LogP contribution in [0.2, 0.25) is 0 Å². The van der Waals surface area contributed by atoms with E-state index in [1.54, 1.807) is 4.90 Å². The van der Waals surface area contributed by atoms with Gasteiger partial charge in [0.25, 0.3) is 0 Å². The normalized spacial score (nSPS) is 16.6. The topological polar surface area (TPSA) is 71.0 Å². The Balaban J connectivity index is 1.68. The van der Waals surface area contributed by atoms with Crippen molar-refractivity contribution >= 4 is 6.09 Å². The van der Waals surface area contributed by atoms with Gasteiger partial charge in [-0.05, 0) is 37.3 Å². The second-order valence-corrected chi connectivity index (χ2v) is 7.03. The summed E-state index contributed by atoms with van der Waals surface area (Å²) in [6.07, 6.45) is 0.923. The monoisotopic (exact) mass is 364 g/mol. The predicted octanol–water partition coefficient (Wildman–Crippen LogP) is 2.76. The highest BCUT2D eigenvalue weighted by atomic mass is 16.6. The van der Waals surface area contributed by atoms with Crippen LogP contribution < -0.4 is 10.1 Å². The second-order valence-electron chi connectivity index (χ2n) is 7.03. The van der Waals surface area contributed by atoms with E-state index in [-0.39, 0.29) is 12.7 Å². The third-order valence-corrected chi connectivity index (χ3v) is 4.64. The largest absolute Gasteiger partial charge is 0.491 e. The van der Waals surface area contributed by atoms with E-state index < -0.39 is 6.10 Å². The van der Waals surface area contributed by atoms with Crippen molar-refractivity contribution in [3.8, 4) is 5.75 Å². The fourth-order valence-electron chi connectivity index (χ4n) is 3.12. The molecule has 0 bridgehead atoms. The second kappa shape index (κ2) is 10.4. The summed E-state index contributed by atoms with van der Waals surface area (Å²) in [5.41, 5.74) is 1.15. The molecular weight excluding hydrogens is 332 g/mol. The molecular formula is C20H32N2O4. The smallest absolute Gasteiger partial charge is 0.409 e. The standard InChI is InChI=1S/C20H32N2O4/c1-4-25-20(24)22-11-9-16(10-12-22)21-13-17(23)14-26-19-8-6-5-7-18(19)15(2)3/h5-8,15-17,21,23H,4,9-14H2,1-3H3. The number of carbonyl (C=O) groups excluding carboxylic acids is 1. The highest BCUT2D eigenvalue weighted by Gasteiger charge is 2.23. The number of aliphatic hydroxyl groups excluding tert-OH is 1. The molecule has 1 aromatic carbocycles. The maximum atomic E-state index is 11.7. The van der Waals surface area contributed by atoms with E-state index in [1.807, 2.05) is 25.1 Å². The van der Waals surface area contributed by atoms with Gasteiger partial charge in [0.2, 0.25) is 0 Å². The number of aliphatic hydroxyl groups is 1. The van der Waals surface area contributed by atoms with Crippen LogP contribution in [0.5, 0.6) is 5.75 Å². The molecule has 1 saturated heterocycles. The number of likely N-dealkylation sites (tertiary alicyclic amines) is 1. The number of ether oxygens (including phenoxy) is 2. The van der Waals surface area contributed by atoms with Gasteiger partial charge < -0.3 is 24.8 Å². The molecule has 1 aliphatic heterocycles. The number of piperidine rings is 1. The van der Waals surface area contributed by atoms with Crippen molar-refractivity contribution in [1.82, 2.24) is 10.2 Å². The highest BCUT2D eigenvalue weighted by molar-refractivity contribution is 5.67. The lowest BCUT2D eigenvalue weighted by molar-refractivity contribution is 0.0858. The molecule has 0 saturated carbocycles. The first-order chi connectivity index (χ1) is 12.5. The molecule has 1 amide bonds.